The maximum absolute atomic E-state index is 3.53. The highest BCUT2D eigenvalue weighted by Crippen LogP contribution is 2.40. The second-order valence-corrected chi connectivity index (χ2v) is 6.66. The molecule has 4 aromatic rings. The quantitative estimate of drug-likeness (QED) is 0.373. The molecule has 22 heavy (non-hydrogen) atoms. The molecule has 5 rings (SSSR count). The van der Waals surface area contributed by atoms with E-state index in [1.165, 1.54) is 42.7 Å². The topological polar surface area (TPSA) is 15.8 Å². The zero-order valence-corrected chi connectivity index (χ0v) is 12.7. The van der Waals surface area contributed by atoms with Gasteiger partial charge in [0.1, 0.15) is 0 Å². The summed E-state index contributed by atoms with van der Waals surface area (Å²) in [5, 5.41) is 2.59. The molecular formula is C20H13NS. The van der Waals surface area contributed by atoms with Crippen LogP contribution in [-0.2, 0) is 0 Å². The number of para-hydroxylation sites is 1. The van der Waals surface area contributed by atoms with Crippen molar-refractivity contribution in [3.8, 4) is 0 Å². The van der Waals surface area contributed by atoms with Crippen LogP contribution in [0, 0.1) is 0 Å². The van der Waals surface area contributed by atoms with Crippen LogP contribution in [0.15, 0.2) is 70.5 Å². The van der Waals surface area contributed by atoms with Crippen molar-refractivity contribution < 1.29 is 0 Å². The average molecular weight is 299 g/mol. The molecular weight excluding hydrogens is 286 g/mol. The lowest BCUT2D eigenvalue weighted by Crippen LogP contribution is -1.80. The molecule has 1 nitrogen and oxygen atoms in total. The Morgan fingerprint density at radius 2 is 1.45 bits per heavy atom. The molecule has 3 aromatic carbocycles. The summed E-state index contributed by atoms with van der Waals surface area (Å²) in [5.41, 5.74) is 4.97. The minimum atomic E-state index is 1.20. The van der Waals surface area contributed by atoms with Crippen LogP contribution in [-0.4, -0.2) is 4.98 Å². The molecule has 1 N–H and O–H groups in total. The second-order valence-electron chi connectivity index (χ2n) is 5.58. The van der Waals surface area contributed by atoms with Crippen molar-refractivity contribution in [2.45, 2.75) is 9.79 Å². The molecule has 104 valence electrons. The van der Waals surface area contributed by atoms with E-state index in [1.807, 2.05) is 11.8 Å². The van der Waals surface area contributed by atoms with Crippen LogP contribution >= 0.6 is 11.8 Å². The van der Waals surface area contributed by atoms with Gasteiger partial charge in [-0.05, 0) is 35.4 Å². The van der Waals surface area contributed by atoms with Gasteiger partial charge in [0.05, 0.1) is 0 Å². The highest BCUT2D eigenvalue weighted by atomic mass is 32.2. The Labute approximate surface area is 132 Å². The lowest BCUT2D eigenvalue weighted by atomic mass is 10.1. The molecule has 2 heteroatoms. The summed E-state index contributed by atoms with van der Waals surface area (Å²) in [5.74, 6) is 0. The summed E-state index contributed by atoms with van der Waals surface area (Å²) >= 11 is 1.85. The molecule has 1 aliphatic heterocycles. The Morgan fingerprint density at radius 1 is 0.636 bits per heavy atom. The monoisotopic (exact) mass is 299 g/mol. The number of nitrogens with one attached hydrogen (secondary N) is 1. The predicted octanol–water partition coefficient (Wildman–Crippen LogP) is 5.96. The number of aromatic nitrogens is 1. The molecule has 0 saturated carbocycles. The molecule has 0 aliphatic carbocycles. The van der Waals surface area contributed by atoms with Crippen molar-refractivity contribution in [1.29, 1.82) is 0 Å². The standard InChI is InChI=1S/C20H13NS/c1-4-8-19-13(5-1)9-10-14-11-18-16(12-20(14)22-19)15-6-2-3-7-17(15)21-18/h1-12,21H. The van der Waals surface area contributed by atoms with Crippen molar-refractivity contribution in [2.24, 2.45) is 0 Å². The van der Waals surface area contributed by atoms with Gasteiger partial charge in [-0.25, -0.2) is 0 Å². The number of H-pyrrole nitrogens is 1. The fourth-order valence-corrected chi connectivity index (χ4v) is 4.18. The molecule has 0 saturated heterocycles. The van der Waals surface area contributed by atoms with Gasteiger partial charge in [0.2, 0.25) is 0 Å². The van der Waals surface area contributed by atoms with Gasteiger partial charge in [0, 0.05) is 31.6 Å². The van der Waals surface area contributed by atoms with E-state index in [9.17, 15) is 0 Å². The molecule has 0 fully saturated rings. The summed E-state index contributed by atoms with van der Waals surface area (Å²) < 4.78 is 0. The number of rotatable bonds is 0. The van der Waals surface area contributed by atoms with Crippen LogP contribution in [0.25, 0.3) is 34.0 Å². The number of hydrogen-bond acceptors (Lipinski definition) is 1. The van der Waals surface area contributed by atoms with E-state index in [2.05, 4.69) is 77.8 Å². The SMILES string of the molecule is C1=Cc2cc3[nH]c4ccccc4c3cc2Sc2ccccc21. The predicted molar refractivity (Wildman–Crippen MR) is 95.3 cm³/mol. The molecule has 2 heterocycles. The minimum absolute atomic E-state index is 1.20. The lowest BCUT2D eigenvalue weighted by molar-refractivity contribution is 1.40. The van der Waals surface area contributed by atoms with Crippen molar-refractivity contribution in [2.75, 3.05) is 0 Å². The normalized spacial score (nSPS) is 13.1. The van der Waals surface area contributed by atoms with Gasteiger partial charge in [0.15, 0.2) is 0 Å². The van der Waals surface area contributed by atoms with Crippen LogP contribution in [0.3, 0.4) is 0 Å². The summed E-state index contributed by atoms with van der Waals surface area (Å²) in [6.45, 7) is 0. The van der Waals surface area contributed by atoms with Gasteiger partial charge < -0.3 is 4.98 Å². The zero-order chi connectivity index (χ0) is 14.5. The van der Waals surface area contributed by atoms with Crippen LogP contribution in [0.2, 0.25) is 0 Å². The number of aromatic amines is 1. The number of benzene rings is 3. The third-order valence-electron chi connectivity index (χ3n) is 4.22. The number of fused-ring (bicyclic) bond motifs is 5. The van der Waals surface area contributed by atoms with Gasteiger partial charge in [-0.3, -0.25) is 0 Å². The smallest absolute Gasteiger partial charge is 0.0471 e. The van der Waals surface area contributed by atoms with E-state index in [1.54, 1.807) is 0 Å². The Bertz CT molecular complexity index is 1060. The van der Waals surface area contributed by atoms with Gasteiger partial charge in [0.25, 0.3) is 0 Å². The fraction of sp³-hybridized carbons (Fsp3) is 0. The molecule has 1 aliphatic rings. The zero-order valence-electron chi connectivity index (χ0n) is 11.8. The van der Waals surface area contributed by atoms with E-state index in [0.717, 1.165) is 0 Å². The summed E-state index contributed by atoms with van der Waals surface area (Å²) in [7, 11) is 0. The summed E-state index contributed by atoms with van der Waals surface area (Å²) in [6.07, 6.45) is 4.43. The maximum Gasteiger partial charge on any atom is 0.0471 e. The minimum Gasteiger partial charge on any atom is -0.354 e. The Hall–Kier alpha value is -2.45. The third-order valence-corrected chi connectivity index (χ3v) is 5.38. The molecule has 0 unspecified atom stereocenters. The molecule has 0 spiro atoms. The van der Waals surface area contributed by atoms with Crippen molar-refractivity contribution >= 4 is 45.7 Å². The fourth-order valence-electron chi connectivity index (χ4n) is 3.12. The van der Waals surface area contributed by atoms with E-state index < -0.39 is 0 Å². The Balaban J connectivity index is 1.81. The van der Waals surface area contributed by atoms with E-state index >= 15 is 0 Å². The average Bonchev–Trinajstić information content (AvgIpc) is 2.80. The van der Waals surface area contributed by atoms with Crippen LogP contribution in [0.1, 0.15) is 11.1 Å². The maximum atomic E-state index is 3.53. The van der Waals surface area contributed by atoms with Gasteiger partial charge >= 0.3 is 0 Å². The van der Waals surface area contributed by atoms with Crippen LogP contribution in [0.4, 0.5) is 0 Å². The van der Waals surface area contributed by atoms with E-state index in [4.69, 9.17) is 0 Å². The van der Waals surface area contributed by atoms with Crippen LogP contribution < -0.4 is 0 Å². The van der Waals surface area contributed by atoms with Crippen LogP contribution in [0.5, 0.6) is 0 Å². The second kappa shape index (κ2) is 4.52. The van der Waals surface area contributed by atoms with Crippen molar-refractivity contribution in [1.82, 2.24) is 4.98 Å². The molecule has 0 bridgehead atoms. The molecule has 1 aromatic heterocycles. The van der Waals surface area contributed by atoms with Crippen molar-refractivity contribution in [3.63, 3.8) is 0 Å². The van der Waals surface area contributed by atoms with Gasteiger partial charge in [-0.1, -0.05) is 60.3 Å². The summed E-state index contributed by atoms with van der Waals surface area (Å²) in [4.78, 5) is 6.16. The third kappa shape index (κ3) is 1.74. The highest BCUT2D eigenvalue weighted by Gasteiger charge is 2.13. The van der Waals surface area contributed by atoms with Crippen molar-refractivity contribution in [3.05, 3.63) is 71.8 Å². The lowest BCUT2D eigenvalue weighted by Gasteiger charge is -2.06. The van der Waals surface area contributed by atoms with Gasteiger partial charge in [-0.2, -0.15) is 0 Å². The molecule has 0 atom stereocenters. The van der Waals surface area contributed by atoms with E-state index in [-0.39, 0.29) is 0 Å². The first-order valence-corrected chi connectivity index (χ1v) is 8.19. The Kier molecular flexibility index (Phi) is 2.49. The van der Waals surface area contributed by atoms with E-state index in [0.29, 0.717) is 0 Å². The Morgan fingerprint density at radius 3 is 2.45 bits per heavy atom. The molecule has 0 radical (unpaired) electrons. The first-order chi connectivity index (χ1) is 10.9. The summed E-state index contributed by atoms with van der Waals surface area (Å²) in [6, 6.07) is 21.7. The van der Waals surface area contributed by atoms with Gasteiger partial charge in [-0.15, -0.1) is 0 Å². The first-order valence-electron chi connectivity index (χ1n) is 7.38. The molecule has 0 amide bonds. The largest absolute Gasteiger partial charge is 0.354 e. The number of hydrogen-bond donors (Lipinski definition) is 1. The highest BCUT2D eigenvalue weighted by molar-refractivity contribution is 7.99. The first kappa shape index (κ1) is 12.1.